The van der Waals surface area contributed by atoms with E-state index < -0.39 is 0 Å². The van der Waals surface area contributed by atoms with E-state index in [1.807, 2.05) is 36.5 Å². The second-order valence-electron chi connectivity index (χ2n) is 5.90. The Morgan fingerprint density at radius 2 is 1.88 bits per heavy atom. The number of hydrogen-bond donors (Lipinski definition) is 0. The number of benzene rings is 1. The number of aromatic nitrogens is 3. The van der Waals surface area contributed by atoms with Gasteiger partial charge in [0.15, 0.2) is 11.6 Å². The number of fused-ring (bicyclic) bond motifs is 1. The van der Waals surface area contributed by atoms with Gasteiger partial charge in [-0.05, 0) is 18.1 Å². The van der Waals surface area contributed by atoms with Crippen LogP contribution in [0.5, 0.6) is 0 Å². The highest BCUT2D eigenvalue weighted by Gasteiger charge is 2.19. The summed E-state index contributed by atoms with van der Waals surface area (Å²) in [5.41, 5.74) is 3.99. The van der Waals surface area contributed by atoms with Crippen LogP contribution in [-0.2, 0) is 11.2 Å². The van der Waals surface area contributed by atoms with Crippen molar-refractivity contribution in [1.29, 1.82) is 0 Å². The van der Waals surface area contributed by atoms with Crippen LogP contribution >= 0.6 is 0 Å². The van der Waals surface area contributed by atoms with Crippen LogP contribution < -0.4 is 4.90 Å². The zero-order valence-electron chi connectivity index (χ0n) is 13.8. The topological polar surface area (TPSA) is 51.1 Å². The first-order valence-corrected chi connectivity index (χ1v) is 8.40. The van der Waals surface area contributed by atoms with Crippen molar-refractivity contribution in [3.63, 3.8) is 0 Å². The van der Waals surface area contributed by atoms with Crippen LogP contribution in [0.2, 0.25) is 0 Å². The fourth-order valence-electron chi connectivity index (χ4n) is 2.95. The summed E-state index contributed by atoms with van der Waals surface area (Å²) < 4.78 is 5.48. The summed E-state index contributed by atoms with van der Waals surface area (Å²) in [5.74, 6) is 1.66. The molecule has 1 aliphatic heterocycles. The van der Waals surface area contributed by atoms with Gasteiger partial charge in [-0.25, -0.2) is 9.97 Å². The van der Waals surface area contributed by atoms with Gasteiger partial charge in [0.25, 0.3) is 0 Å². The summed E-state index contributed by atoms with van der Waals surface area (Å²) >= 11 is 0. The predicted octanol–water partition coefficient (Wildman–Crippen LogP) is 3.09. The van der Waals surface area contributed by atoms with Gasteiger partial charge < -0.3 is 9.64 Å². The average molecular weight is 320 g/mol. The summed E-state index contributed by atoms with van der Waals surface area (Å²) in [4.78, 5) is 16.5. The number of anilines is 1. The number of morpholine rings is 1. The second-order valence-corrected chi connectivity index (χ2v) is 5.90. The van der Waals surface area contributed by atoms with Gasteiger partial charge in [0.05, 0.1) is 18.7 Å². The van der Waals surface area contributed by atoms with Crippen molar-refractivity contribution >= 4 is 16.9 Å². The molecule has 122 valence electrons. The van der Waals surface area contributed by atoms with Gasteiger partial charge in [-0.15, -0.1) is 0 Å². The molecule has 0 bridgehead atoms. The van der Waals surface area contributed by atoms with Crippen molar-refractivity contribution in [3.8, 4) is 11.4 Å². The van der Waals surface area contributed by atoms with E-state index in [0.29, 0.717) is 0 Å². The first kappa shape index (κ1) is 15.0. The Labute approximate surface area is 141 Å². The molecule has 0 unspecified atom stereocenters. The van der Waals surface area contributed by atoms with E-state index in [1.165, 1.54) is 5.56 Å². The molecule has 0 radical (unpaired) electrons. The Morgan fingerprint density at radius 3 is 2.62 bits per heavy atom. The Morgan fingerprint density at radius 1 is 1.08 bits per heavy atom. The minimum atomic E-state index is 0.721. The Kier molecular flexibility index (Phi) is 4.09. The number of hydrogen-bond acceptors (Lipinski definition) is 5. The first-order chi connectivity index (χ1) is 11.8. The molecule has 0 atom stereocenters. The van der Waals surface area contributed by atoms with Crippen LogP contribution in [0.25, 0.3) is 22.4 Å². The highest BCUT2D eigenvalue weighted by Crippen LogP contribution is 2.27. The van der Waals surface area contributed by atoms with E-state index in [1.54, 1.807) is 0 Å². The molecule has 0 amide bonds. The maximum atomic E-state index is 5.48. The highest BCUT2D eigenvalue weighted by molar-refractivity contribution is 5.87. The maximum absolute atomic E-state index is 5.48. The lowest BCUT2D eigenvalue weighted by atomic mass is 10.1. The monoisotopic (exact) mass is 320 g/mol. The molecule has 0 N–H and O–H groups in total. The van der Waals surface area contributed by atoms with Gasteiger partial charge in [0.2, 0.25) is 0 Å². The van der Waals surface area contributed by atoms with Crippen LogP contribution in [0.15, 0.2) is 42.6 Å². The number of aryl methyl sites for hydroxylation is 1. The molecule has 2 aromatic heterocycles. The summed E-state index contributed by atoms with van der Waals surface area (Å²) in [6.45, 7) is 5.23. The van der Waals surface area contributed by atoms with Crippen molar-refractivity contribution in [2.45, 2.75) is 13.3 Å². The van der Waals surface area contributed by atoms with Gasteiger partial charge >= 0.3 is 0 Å². The van der Waals surface area contributed by atoms with Gasteiger partial charge in [-0.3, -0.25) is 4.98 Å². The van der Waals surface area contributed by atoms with Crippen LogP contribution in [0.4, 0.5) is 5.82 Å². The quantitative estimate of drug-likeness (QED) is 0.742. The van der Waals surface area contributed by atoms with E-state index in [4.69, 9.17) is 14.7 Å². The summed E-state index contributed by atoms with van der Waals surface area (Å²) in [7, 11) is 0. The lowest BCUT2D eigenvalue weighted by Gasteiger charge is -2.28. The Bertz CT molecular complexity index is 845. The lowest BCUT2D eigenvalue weighted by Crippen LogP contribution is -2.37. The standard InChI is InChI=1S/C19H20N4O/c1-2-14-12-16-17(20-13-14)19(23-8-10-24-11-9-23)22-18(21-16)15-6-4-3-5-7-15/h3-7,12-13H,2,8-11H2,1H3. The minimum Gasteiger partial charge on any atom is -0.378 e. The molecule has 1 aromatic carbocycles. The summed E-state index contributed by atoms with van der Waals surface area (Å²) in [6, 6.07) is 12.2. The van der Waals surface area contributed by atoms with E-state index in [9.17, 15) is 0 Å². The predicted molar refractivity (Wildman–Crippen MR) is 95.2 cm³/mol. The van der Waals surface area contributed by atoms with E-state index in [0.717, 1.165) is 61.0 Å². The molecular weight excluding hydrogens is 300 g/mol. The summed E-state index contributed by atoms with van der Waals surface area (Å²) in [5, 5.41) is 0. The third kappa shape index (κ3) is 2.83. The molecule has 1 aliphatic rings. The molecule has 1 fully saturated rings. The number of pyridine rings is 1. The van der Waals surface area contributed by atoms with Gasteiger partial charge in [-0.2, -0.15) is 0 Å². The summed E-state index contributed by atoms with van der Waals surface area (Å²) in [6.07, 6.45) is 2.87. The zero-order chi connectivity index (χ0) is 16.4. The normalized spacial score (nSPS) is 15.0. The fourth-order valence-corrected chi connectivity index (χ4v) is 2.95. The Balaban J connectivity index is 1.90. The van der Waals surface area contributed by atoms with Crippen LogP contribution in [0.3, 0.4) is 0 Å². The highest BCUT2D eigenvalue weighted by atomic mass is 16.5. The molecule has 0 aliphatic carbocycles. The van der Waals surface area contributed by atoms with Crippen LogP contribution in [0.1, 0.15) is 12.5 Å². The lowest BCUT2D eigenvalue weighted by molar-refractivity contribution is 0.122. The molecular formula is C19H20N4O. The maximum Gasteiger partial charge on any atom is 0.162 e. The third-order valence-electron chi connectivity index (χ3n) is 4.33. The van der Waals surface area contributed by atoms with Crippen molar-refractivity contribution in [3.05, 3.63) is 48.2 Å². The molecule has 4 rings (SSSR count). The van der Waals surface area contributed by atoms with E-state index in [-0.39, 0.29) is 0 Å². The van der Waals surface area contributed by atoms with E-state index in [2.05, 4.69) is 22.9 Å². The molecule has 3 heterocycles. The molecule has 5 nitrogen and oxygen atoms in total. The molecule has 5 heteroatoms. The molecule has 24 heavy (non-hydrogen) atoms. The minimum absolute atomic E-state index is 0.721. The fraction of sp³-hybridized carbons (Fsp3) is 0.316. The number of ether oxygens (including phenoxy) is 1. The zero-order valence-corrected chi connectivity index (χ0v) is 13.8. The first-order valence-electron chi connectivity index (χ1n) is 8.40. The van der Waals surface area contributed by atoms with Gasteiger partial charge in [0, 0.05) is 24.8 Å². The largest absolute Gasteiger partial charge is 0.378 e. The third-order valence-corrected chi connectivity index (χ3v) is 4.33. The average Bonchev–Trinajstić information content (AvgIpc) is 2.68. The molecule has 0 spiro atoms. The second kappa shape index (κ2) is 6.53. The van der Waals surface area contributed by atoms with Crippen LogP contribution in [0, 0.1) is 0 Å². The van der Waals surface area contributed by atoms with Gasteiger partial charge in [-0.1, -0.05) is 37.3 Å². The molecule has 0 saturated carbocycles. The number of rotatable bonds is 3. The van der Waals surface area contributed by atoms with Crippen molar-refractivity contribution in [1.82, 2.24) is 15.0 Å². The van der Waals surface area contributed by atoms with Crippen molar-refractivity contribution < 1.29 is 4.74 Å². The van der Waals surface area contributed by atoms with Crippen molar-refractivity contribution in [2.75, 3.05) is 31.2 Å². The van der Waals surface area contributed by atoms with Gasteiger partial charge in [0.1, 0.15) is 5.52 Å². The molecule has 3 aromatic rings. The Hall–Kier alpha value is -2.53. The smallest absolute Gasteiger partial charge is 0.162 e. The van der Waals surface area contributed by atoms with E-state index >= 15 is 0 Å². The van der Waals surface area contributed by atoms with Crippen molar-refractivity contribution in [2.24, 2.45) is 0 Å². The number of nitrogens with zero attached hydrogens (tertiary/aromatic N) is 4. The molecule has 1 saturated heterocycles. The van der Waals surface area contributed by atoms with Crippen LogP contribution in [-0.4, -0.2) is 41.3 Å². The SMILES string of the molecule is CCc1cnc2c(N3CCOCC3)nc(-c3ccccc3)nc2c1.